The van der Waals surface area contributed by atoms with Crippen LogP contribution in [0.5, 0.6) is 0 Å². The van der Waals surface area contributed by atoms with Gasteiger partial charge in [-0.05, 0) is 44.0 Å². The van der Waals surface area contributed by atoms with Crippen LogP contribution >= 0.6 is 0 Å². The zero-order valence-electron chi connectivity index (χ0n) is 16.1. The summed E-state index contributed by atoms with van der Waals surface area (Å²) in [6.07, 6.45) is 2.66. The number of nitrogens with one attached hydrogen (secondary N) is 2. The summed E-state index contributed by atoms with van der Waals surface area (Å²) < 4.78 is 25.7. The van der Waals surface area contributed by atoms with Gasteiger partial charge in [-0.3, -0.25) is 9.98 Å². The number of H-pyrrole nitrogens is 1. The number of hydrogen-bond acceptors (Lipinski definition) is 5. The van der Waals surface area contributed by atoms with Crippen LogP contribution in [0.1, 0.15) is 24.6 Å². The summed E-state index contributed by atoms with van der Waals surface area (Å²) in [5, 5.41) is 2.99. The topological polar surface area (TPSA) is 83.0 Å². The fourth-order valence-corrected chi connectivity index (χ4v) is 2.69. The number of pyridine rings is 2. The zero-order valence-corrected chi connectivity index (χ0v) is 16.1. The highest BCUT2D eigenvalue weighted by molar-refractivity contribution is 5.93. The van der Waals surface area contributed by atoms with Crippen LogP contribution < -0.4 is 5.32 Å². The summed E-state index contributed by atoms with van der Waals surface area (Å²) in [5.74, 6) is 0.692. The van der Waals surface area contributed by atoms with Crippen LogP contribution in [0.2, 0.25) is 0 Å². The largest absolute Gasteiger partial charge is 0.373 e. The third kappa shape index (κ3) is 4.78. The van der Waals surface area contributed by atoms with Crippen molar-refractivity contribution in [2.75, 3.05) is 12.4 Å². The lowest BCUT2D eigenvalue weighted by atomic mass is 10.0. The van der Waals surface area contributed by atoms with Crippen molar-refractivity contribution in [2.45, 2.75) is 13.3 Å². The molecule has 3 aromatic heterocycles. The molecule has 29 heavy (non-hydrogen) atoms. The highest BCUT2D eigenvalue weighted by atomic mass is 19.3. The third-order valence-corrected chi connectivity index (χ3v) is 3.96. The van der Waals surface area contributed by atoms with E-state index in [1.54, 1.807) is 25.4 Å². The number of aliphatic imine (C=N–C) groups is 1. The minimum absolute atomic E-state index is 0.135. The molecular formula is C21H21F2N5O. The number of alkyl halides is 2. The molecule has 0 aliphatic heterocycles. The Hall–Kier alpha value is -3.68. The van der Waals surface area contributed by atoms with Crippen LogP contribution in [0.4, 0.5) is 20.3 Å². The Morgan fingerprint density at radius 2 is 2.00 bits per heavy atom. The lowest BCUT2D eigenvalue weighted by Crippen LogP contribution is -1.93. The van der Waals surface area contributed by atoms with Crippen LogP contribution in [0, 0.1) is 0 Å². The molecule has 0 amide bonds. The predicted molar refractivity (Wildman–Crippen MR) is 113 cm³/mol. The number of anilines is 1. The van der Waals surface area contributed by atoms with E-state index in [4.69, 9.17) is 4.79 Å². The molecule has 0 bridgehead atoms. The van der Waals surface area contributed by atoms with Crippen molar-refractivity contribution in [2.24, 2.45) is 4.99 Å². The van der Waals surface area contributed by atoms with Crippen molar-refractivity contribution in [1.29, 1.82) is 0 Å². The highest BCUT2D eigenvalue weighted by Crippen LogP contribution is 2.42. The van der Waals surface area contributed by atoms with Crippen LogP contribution in [-0.4, -0.2) is 35.0 Å². The normalized spacial score (nSPS) is 10.1. The van der Waals surface area contributed by atoms with Crippen molar-refractivity contribution < 1.29 is 13.6 Å². The Morgan fingerprint density at radius 3 is 2.52 bits per heavy atom. The Balaban J connectivity index is 0.000000941. The monoisotopic (exact) mass is 397 g/mol. The van der Waals surface area contributed by atoms with E-state index in [0.29, 0.717) is 28.5 Å². The van der Waals surface area contributed by atoms with Crippen molar-refractivity contribution in [3.05, 3.63) is 54.5 Å². The average Bonchev–Trinajstić information content (AvgIpc) is 3.13. The Kier molecular flexibility index (Phi) is 7.47. The molecule has 6 nitrogen and oxygen atoms in total. The average molecular weight is 397 g/mol. The first kappa shape index (κ1) is 21.6. The van der Waals surface area contributed by atoms with Gasteiger partial charge in [0.05, 0.1) is 28.3 Å². The Morgan fingerprint density at radius 1 is 1.28 bits per heavy atom. The van der Waals surface area contributed by atoms with E-state index in [1.165, 1.54) is 19.2 Å². The van der Waals surface area contributed by atoms with E-state index in [2.05, 4.69) is 38.6 Å². The van der Waals surface area contributed by atoms with Crippen LogP contribution in [0.15, 0.2) is 48.2 Å². The molecule has 0 spiro atoms. The van der Waals surface area contributed by atoms with Gasteiger partial charge < -0.3 is 15.1 Å². The number of aldehydes is 1. The molecule has 8 heteroatoms. The summed E-state index contributed by atoms with van der Waals surface area (Å²) in [6, 6.07) is 6.61. The maximum Gasteiger partial charge on any atom is 0.265 e. The third-order valence-electron chi connectivity index (χ3n) is 3.96. The van der Waals surface area contributed by atoms with Crippen LogP contribution in [0.25, 0.3) is 28.6 Å². The standard InChI is InChI=1S/C19H17F2N5.C2H4O/c1-4-13-18(23-3)16(14-6-5-12(10-25-14)19(20)21)17(26-13)11-7-8-24-15(9-11)22-2;1-2-3/h4-10,19,26H,1,3H2,2H3,(H,22,24);2H,1H3. The number of aromatic nitrogens is 3. The van der Waals surface area contributed by atoms with Gasteiger partial charge in [-0.15, -0.1) is 0 Å². The predicted octanol–water partition coefficient (Wildman–Crippen LogP) is 5.30. The van der Waals surface area contributed by atoms with Gasteiger partial charge in [-0.2, -0.15) is 0 Å². The van der Waals surface area contributed by atoms with Crippen molar-refractivity contribution in [3.8, 4) is 22.5 Å². The molecule has 3 rings (SSSR count). The Bertz CT molecular complexity index is 997. The number of rotatable bonds is 6. The number of nitrogens with zero attached hydrogens (tertiary/aromatic N) is 3. The molecule has 0 aliphatic carbocycles. The fraction of sp³-hybridized carbons (Fsp3) is 0.143. The molecule has 3 heterocycles. The molecule has 0 radical (unpaired) electrons. The van der Waals surface area contributed by atoms with Gasteiger partial charge in [0.15, 0.2) is 0 Å². The molecule has 0 atom stereocenters. The molecule has 2 N–H and O–H groups in total. The second-order valence-electron chi connectivity index (χ2n) is 5.69. The summed E-state index contributed by atoms with van der Waals surface area (Å²) in [4.78, 5) is 24.6. The van der Waals surface area contributed by atoms with Crippen LogP contribution in [0.3, 0.4) is 0 Å². The lowest BCUT2D eigenvalue weighted by molar-refractivity contribution is -0.106. The van der Waals surface area contributed by atoms with E-state index in [0.717, 1.165) is 17.5 Å². The smallest absolute Gasteiger partial charge is 0.265 e. The van der Waals surface area contributed by atoms with E-state index in [-0.39, 0.29) is 5.56 Å². The number of carbonyl (C=O) groups excluding carboxylic acids is 1. The number of halogens is 2. The molecule has 0 aromatic carbocycles. The fourth-order valence-electron chi connectivity index (χ4n) is 2.69. The maximum absolute atomic E-state index is 12.8. The van der Waals surface area contributed by atoms with Gasteiger partial charge in [0.2, 0.25) is 0 Å². The summed E-state index contributed by atoms with van der Waals surface area (Å²) in [7, 11) is 1.78. The van der Waals surface area contributed by atoms with Gasteiger partial charge >= 0.3 is 0 Å². The molecule has 150 valence electrons. The van der Waals surface area contributed by atoms with Gasteiger partial charge in [-0.25, -0.2) is 13.8 Å². The first-order valence-electron chi connectivity index (χ1n) is 8.64. The van der Waals surface area contributed by atoms with Crippen molar-refractivity contribution in [3.63, 3.8) is 0 Å². The molecule has 0 saturated carbocycles. The van der Waals surface area contributed by atoms with Gasteiger partial charge in [0, 0.05) is 30.6 Å². The maximum atomic E-state index is 12.8. The lowest BCUT2D eigenvalue weighted by Gasteiger charge is -2.08. The van der Waals surface area contributed by atoms with Crippen molar-refractivity contribution in [1.82, 2.24) is 15.0 Å². The first-order chi connectivity index (χ1) is 14.0. The SMILES string of the molecule is C=Cc1[nH]c(-c2ccnc(NC)c2)c(-c2ccc(C(F)F)cn2)c1N=C.CC=O. The van der Waals surface area contributed by atoms with E-state index in [1.807, 2.05) is 12.1 Å². The second-order valence-corrected chi connectivity index (χ2v) is 5.69. The van der Waals surface area contributed by atoms with E-state index in [9.17, 15) is 8.78 Å². The van der Waals surface area contributed by atoms with Gasteiger partial charge in [0.25, 0.3) is 6.43 Å². The Labute approximate surface area is 167 Å². The summed E-state index contributed by atoms with van der Waals surface area (Å²) in [5.41, 5.74) is 3.87. The number of hydrogen-bond donors (Lipinski definition) is 2. The highest BCUT2D eigenvalue weighted by Gasteiger charge is 2.20. The molecule has 0 unspecified atom stereocenters. The molecule has 0 fully saturated rings. The molecule has 3 aromatic rings. The van der Waals surface area contributed by atoms with E-state index < -0.39 is 6.43 Å². The molecule has 0 saturated heterocycles. The number of carbonyl (C=O) groups is 1. The zero-order chi connectivity index (χ0) is 21.4. The molecular weight excluding hydrogens is 376 g/mol. The quantitative estimate of drug-likeness (QED) is 0.437. The summed E-state index contributed by atoms with van der Waals surface area (Å²) in [6.45, 7) is 8.86. The van der Waals surface area contributed by atoms with Crippen LogP contribution in [-0.2, 0) is 4.79 Å². The molecule has 0 aliphatic rings. The van der Waals surface area contributed by atoms with Crippen molar-refractivity contribution >= 4 is 30.6 Å². The second kappa shape index (κ2) is 10.0. The minimum atomic E-state index is -2.57. The number of aromatic amines is 1. The summed E-state index contributed by atoms with van der Waals surface area (Å²) >= 11 is 0. The van der Waals surface area contributed by atoms with E-state index >= 15 is 0 Å². The first-order valence-corrected chi connectivity index (χ1v) is 8.64. The van der Waals surface area contributed by atoms with Gasteiger partial charge in [0.1, 0.15) is 12.1 Å². The minimum Gasteiger partial charge on any atom is -0.373 e. The van der Waals surface area contributed by atoms with Gasteiger partial charge in [-0.1, -0.05) is 6.58 Å².